The van der Waals surface area contributed by atoms with E-state index < -0.39 is 0 Å². The smallest absolute Gasteiger partial charge is 0.226 e. The number of benzene rings is 2. The zero-order valence-electron chi connectivity index (χ0n) is 13.6. The summed E-state index contributed by atoms with van der Waals surface area (Å²) in [5, 5.41) is 1.07. The Morgan fingerprint density at radius 1 is 0.957 bits per heavy atom. The van der Waals surface area contributed by atoms with Gasteiger partial charge in [-0.1, -0.05) is 48.5 Å². The maximum Gasteiger partial charge on any atom is 0.226 e. The highest BCUT2D eigenvalue weighted by atomic mass is 16.5. The molecule has 3 aromatic rings. The van der Waals surface area contributed by atoms with E-state index in [0.29, 0.717) is 6.61 Å². The van der Waals surface area contributed by atoms with E-state index >= 15 is 0 Å². The first-order valence-electron chi connectivity index (χ1n) is 7.90. The van der Waals surface area contributed by atoms with Crippen LogP contribution in [-0.4, -0.2) is 36.8 Å². The minimum atomic E-state index is 0.670. The van der Waals surface area contributed by atoms with Gasteiger partial charge in [0, 0.05) is 31.1 Å². The van der Waals surface area contributed by atoms with Gasteiger partial charge in [-0.15, -0.1) is 0 Å². The molecule has 4 heteroatoms. The third-order valence-electron chi connectivity index (χ3n) is 3.76. The Labute approximate surface area is 136 Å². The van der Waals surface area contributed by atoms with Gasteiger partial charge in [0.05, 0.1) is 17.8 Å². The Morgan fingerprint density at radius 3 is 2.48 bits per heavy atom. The quantitative estimate of drug-likeness (QED) is 0.650. The van der Waals surface area contributed by atoms with E-state index in [2.05, 4.69) is 18.2 Å². The summed E-state index contributed by atoms with van der Waals surface area (Å²) in [4.78, 5) is 11.5. The lowest BCUT2D eigenvalue weighted by atomic mass is 10.1. The molecule has 118 valence electrons. The highest BCUT2D eigenvalue weighted by molar-refractivity contribution is 5.93. The molecule has 23 heavy (non-hydrogen) atoms. The zero-order chi connectivity index (χ0) is 16.1. The summed E-state index contributed by atoms with van der Waals surface area (Å²) in [6.45, 7) is 4.16. The molecule has 2 aromatic carbocycles. The number of hydrogen-bond donors (Lipinski definition) is 0. The van der Waals surface area contributed by atoms with Crippen LogP contribution in [0.1, 0.15) is 6.92 Å². The molecule has 4 nitrogen and oxygen atoms in total. The molecule has 0 radical (unpaired) electrons. The van der Waals surface area contributed by atoms with Gasteiger partial charge in [0.15, 0.2) is 0 Å². The van der Waals surface area contributed by atoms with Crippen LogP contribution in [0.15, 0.2) is 54.6 Å². The van der Waals surface area contributed by atoms with Gasteiger partial charge in [-0.25, -0.2) is 9.97 Å². The van der Waals surface area contributed by atoms with Crippen LogP contribution < -0.4 is 4.90 Å². The van der Waals surface area contributed by atoms with Crippen molar-refractivity contribution in [3.8, 4) is 11.3 Å². The highest BCUT2D eigenvalue weighted by Gasteiger charge is 2.12. The third-order valence-corrected chi connectivity index (χ3v) is 3.76. The van der Waals surface area contributed by atoms with Gasteiger partial charge < -0.3 is 9.64 Å². The van der Waals surface area contributed by atoms with Crippen molar-refractivity contribution in [3.63, 3.8) is 0 Å². The van der Waals surface area contributed by atoms with Crippen LogP contribution in [-0.2, 0) is 4.74 Å². The molecule has 0 N–H and O–H groups in total. The maximum absolute atomic E-state index is 5.43. The summed E-state index contributed by atoms with van der Waals surface area (Å²) >= 11 is 0. The molecule has 3 rings (SSSR count). The van der Waals surface area contributed by atoms with Crippen molar-refractivity contribution in [3.05, 3.63) is 54.6 Å². The molecule has 0 bridgehead atoms. The summed E-state index contributed by atoms with van der Waals surface area (Å²) in [5.41, 5.74) is 3.03. The first kappa shape index (κ1) is 15.4. The number of aromatic nitrogens is 2. The fourth-order valence-electron chi connectivity index (χ4n) is 2.50. The topological polar surface area (TPSA) is 38.2 Å². The summed E-state index contributed by atoms with van der Waals surface area (Å²) in [6, 6.07) is 18.4. The number of rotatable bonds is 6. The normalized spacial score (nSPS) is 10.9. The van der Waals surface area contributed by atoms with Gasteiger partial charge in [0.2, 0.25) is 5.95 Å². The van der Waals surface area contributed by atoms with Crippen LogP contribution in [0.4, 0.5) is 5.95 Å². The second kappa shape index (κ2) is 7.20. The van der Waals surface area contributed by atoms with Gasteiger partial charge in [-0.2, -0.15) is 0 Å². The zero-order valence-corrected chi connectivity index (χ0v) is 13.6. The molecule has 1 aromatic heterocycles. The lowest BCUT2D eigenvalue weighted by Gasteiger charge is -2.18. The van der Waals surface area contributed by atoms with Crippen LogP contribution in [0.5, 0.6) is 0 Å². The molecule has 0 fully saturated rings. The fraction of sp³-hybridized carbons (Fsp3) is 0.263. The van der Waals surface area contributed by atoms with E-state index in [0.717, 1.165) is 41.3 Å². The predicted molar refractivity (Wildman–Crippen MR) is 94.7 cm³/mol. The van der Waals surface area contributed by atoms with Gasteiger partial charge in [-0.3, -0.25) is 0 Å². The Balaban J connectivity index is 2.04. The van der Waals surface area contributed by atoms with Crippen LogP contribution in [0.25, 0.3) is 22.2 Å². The van der Waals surface area contributed by atoms with Crippen LogP contribution in [0, 0.1) is 0 Å². The van der Waals surface area contributed by atoms with E-state index in [1.54, 1.807) is 0 Å². The molecule has 1 heterocycles. The molecule has 0 spiro atoms. The van der Waals surface area contributed by atoms with Crippen LogP contribution >= 0.6 is 0 Å². The molecule has 0 atom stereocenters. The molecule has 0 saturated heterocycles. The Hall–Kier alpha value is -2.46. The van der Waals surface area contributed by atoms with E-state index in [1.807, 2.05) is 55.3 Å². The predicted octanol–water partition coefficient (Wildman–Crippen LogP) is 3.77. The third kappa shape index (κ3) is 3.48. The molecule has 0 aliphatic heterocycles. The molecule has 0 unspecified atom stereocenters. The Kier molecular flexibility index (Phi) is 4.83. The van der Waals surface area contributed by atoms with Crippen molar-refractivity contribution in [2.45, 2.75) is 6.92 Å². The lowest BCUT2D eigenvalue weighted by molar-refractivity contribution is 0.154. The SMILES string of the molecule is CCOCCN(C)c1nc(-c2ccccc2)c2ccccc2n1. The molecule has 0 amide bonds. The number of nitrogens with zero attached hydrogens (tertiary/aromatic N) is 3. The minimum Gasteiger partial charge on any atom is -0.380 e. The van der Waals surface area contributed by atoms with Crippen molar-refractivity contribution >= 4 is 16.9 Å². The Morgan fingerprint density at radius 2 is 1.70 bits per heavy atom. The number of fused-ring (bicyclic) bond motifs is 1. The van der Waals surface area contributed by atoms with E-state index in [4.69, 9.17) is 14.7 Å². The molecule has 0 saturated carbocycles. The van der Waals surface area contributed by atoms with E-state index in [9.17, 15) is 0 Å². The first-order chi connectivity index (χ1) is 11.3. The van der Waals surface area contributed by atoms with Crippen LogP contribution in [0.2, 0.25) is 0 Å². The number of ether oxygens (including phenoxy) is 1. The largest absolute Gasteiger partial charge is 0.380 e. The van der Waals surface area contributed by atoms with E-state index in [-0.39, 0.29) is 0 Å². The highest BCUT2D eigenvalue weighted by Crippen LogP contribution is 2.27. The standard InChI is InChI=1S/C19H21N3O/c1-3-23-14-13-22(2)19-20-17-12-8-7-11-16(17)18(21-19)15-9-5-4-6-10-15/h4-12H,3,13-14H2,1-2H3. The average Bonchev–Trinajstić information content (AvgIpc) is 2.61. The minimum absolute atomic E-state index is 0.670. The number of likely N-dealkylation sites (N-methyl/N-ethyl adjacent to an activating group) is 1. The van der Waals surface area contributed by atoms with Crippen molar-refractivity contribution in [2.75, 3.05) is 31.7 Å². The second-order valence-corrected chi connectivity index (χ2v) is 5.37. The number of anilines is 1. The fourth-order valence-corrected chi connectivity index (χ4v) is 2.50. The van der Waals surface area contributed by atoms with Crippen molar-refractivity contribution in [1.82, 2.24) is 9.97 Å². The molecule has 0 aliphatic carbocycles. The summed E-state index contributed by atoms with van der Waals surface area (Å²) in [7, 11) is 2.00. The second-order valence-electron chi connectivity index (χ2n) is 5.37. The monoisotopic (exact) mass is 307 g/mol. The van der Waals surface area contributed by atoms with Gasteiger partial charge in [0.25, 0.3) is 0 Å². The van der Waals surface area contributed by atoms with Crippen LogP contribution in [0.3, 0.4) is 0 Å². The Bertz CT molecular complexity index is 774. The molecule has 0 aliphatic rings. The van der Waals surface area contributed by atoms with Gasteiger partial charge >= 0.3 is 0 Å². The van der Waals surface area contributed by atoms with Crippen molar-refractivity contribution in [1.29, 1.82) is 0 Å². The summed E-state index contributed by atoms with van der Waals surface area (Å²) < 4.78 is 5.43. The average molecular weight is 307 g/mol. The number of hydrogen-bond acceptors (Lipinski definition) is 4. The van der Waals surface area contributed by atoms with Gasteiger partial charge in [-0.05, 0) is 13.0 Å². The molecular weight excluding hydrogens is 286 g/mol. The summed E-state index contributed by atoms with van der Waals surface area (Å²) in [6.07, 6.45) is 0. The first-order valence-corrected chi connectivity index (χ1v) is 7.90. The van der Waals surface area contributed by atoms with E-state index in [1.165, 1.54) is 0 Å². The molecular formula is C19H21N3O. The lowest BCUT2D eigenvalue weighted by Crippen LogP contribution is -2.24. The summed E-state index contributed by atoms with van der Waals surface area (Å²) in [5.74, 6) is 0.724. The van der Waals surface area contributed by atoms with Crippen molar-refractivity contribution in [2.24, 2.45) is 0 Å². The van der Waals surface area contributed by atoms with Crippen molar-refractivity contribution < 1.29 is 4.74 Å². The van der Waals surface area contributed by atoms with Gasteiger partial charge in [0.1, 0.15) is 0 Å². The maximum atomic E-state index is 5.43. The number of para-hydroxylation sites is 1.